The first-order valence-electron chi connectivity index (χ1n) is 4.16. The Morgan fingerprint density at radius 2 is 2.38 bits per heavy atom. The second kappa shape index (κ2) is 3.96. The van der Waals surface area contributed by atoms with Gasteiger partial charge in [0.2, 0.25) is 0 Å². The van der Waals surface area contributed by atoms with Gasteiger partial charge in [-0.25, -0.2) is 4.79 Å². The normalized spacial score (nSPS) is 27.4. The van der Waals surface area contributed by atoms with Gasteiger partial charge < -0.3 is 4.74 Å². The number of alkyl halides is 1. The highest BCUT2D eigenvalue weighted by atomic mass is 35.5. The summed E-state index contributed by atoms with van der Waals surface area (Å²) in [6.07, 6.45) is 0. The van der Waals surface area contributed by atoms with Crippen molar-refractivity contribution in [2.45, 2.75) is 25.3 Å². The summed E-state index contributed by atoms with van der Waals surface area (Å²) in [7, 11) is 1.72. The molecule has 74 valence electrons. The number of esters is 1. The van der Waals surface area contributed by atoms with Gasteiger partial charge in [0, 0.05) is 7.05 Å². The Hall–Kier alpha value is -0.770. The third kappa shape index (κ3) is 1.94. The maximum Gasteiger partial charge on any atom is 0.332 e. The van der Waals surface area contributed by atoms with Crippen LogP contribution in [0.1, 0.15) is 13.8 Å². The average molecular weight is 205 g/mol. The number of rotatable bonds is 2. The molecular weight excluding hydrogens is 192 g/mol. The second-order valence-electron chi connectivity index (χ2n) is 2.91. The summed E-state index contributed by atoms with van der Waals surface area (Å²) in [5.41, 5.74) is 0.752. The predicted molar refractivity (Wildman–Crippen MR) is 50.9 cm³/mol. The molecule has 1 heterocycles. The summed E-state index contributed by atoms with van der Waals surface area (Å²) >= 11 is 5.98. The number of ether oxygens (including phenoxy) is 1. The molecule has 1 rings (SSSR count). The minimum atomic E-state index is -0.471. The highest BCUT2D eigenvalue weighted by Crippen LogP contribution is 2.20. The number of halogens is 1. The van der Waals surface area contributed by atoms with Crippen molar-refractivity contribution in [1.82, 2.24) is 5.01 Å². The largest absolute Gasteiger partial charge is 0.464 e. The van der Waals surface area contributed by atoms with Crippen molar-refractivity contribution in [2.24, 2.45) is 5.10 Å². The molecule has 0 bridgehead atoms. The molecule has 0 spiro atoms. The Bertz CT molecular complexity index is 242. The van der Waals surface area contributed by atoms with Crippen LogP contribution < -0.4 is 0 Å². The summed E-state index contributed by atoms with van der Waals surface area (Å²) in [6, 6.07) is -0.471. The molecule has 2 unspecified atom stereocenters. The van der Waals surface area contributed by atoms with Gasteiger partial charge in [-0.2, -0.15) is 5.10 Å². The van der Waals surface area contributed by atoms with E-state index in [-0.39, 0.29) is 11.3 Å². The Balaban J connectivity index is 2.67. The van der Waals surface area contributed by atoms with Gasteiger partial charge in [-0.15, -0.1) is 11.6 Å². The van der Waals surface area contributed by atoms with Gasteiger partial charge in [0.25, 0.3) is 0 Å². The molecule has 5 heteroatoms. The van der Waals surface area contributed by atoms with E-state index < -0.39 is 6.04 Å². The standard InChI is InChI=1S/C8H13ClN2O2/c1-4-13-8(12)7-6(9)5(2)10-11(7)3/h6-7H,4H2,1-3H3. The number of carbonyl (C=O) groups is 1. The van der Waals surface area contributed by atoms with Crippen LogP contribution in [0.15, 0.2) is 5.10 Å². The molecule has 0 N–H and O–H groups in total. The topological polar surface area (TPSA) is 41.9 Å². The third-order valence-electron chi connectivity index (χ3n) is 1.92. The highest BCUT2D eigenvalue weighted by molar-refractivity contribution is 6.34. The van der Waals surface area contributed by atoms with Gasteiger partial charge in [0.05, 0.1) is 12.3 Å². The first kappa shape index (κ1) is 10.3. The summed E-state index contributed by atoms with van der Waals surface area (Å²) in [5, 5.41) is 5.25. The van der Waals surface area contributed by atoms with Crippen molar-refractivity contribution in [3.63, 3.8) is 0 Å². The molecule has 1 aliphatic heterocycles. The Morgan fingerprint density at radius 3 is 2.77 bits per heavy atom. The van der Waals surface area contributed by atoms with Crippen LogP contribution in [0.3, 0.4) is 0 Å². The van der Waals surface area contributed by atoms with Crippen LogP contribution in [0.4, 0.5) is 0 Å². The van der Waals surface area contributed by atoms with Crippen molar-refractivity contribution in [3.05, 3.63) is 0 Å². The Kier molecular flexibility index (Phi) is 3.14. The number of nitrogens with zero attached hydrogens (tertiary/aromatic N) is 2. The number of likely N-dealkylation sites (N-methyl/N-ethyl adjacent to an activating group) is 1. The molecule has 2 atom stereocenters. The van der Waals surface area contributed by atoms with Gasteiger partial charge in [-0.1, -0.05) is 0 Å². The lowest BCUT2D eigenvalue weighted by Gasteiger charge is -2.19. The van der Waals surface area contributed by atoms with Crippen LogP contribution in [-0.4, -0.2) is 41.8 Å². The van der Waals surface area contributed by atoms with Crippen molar-refractivity contribution in [3.8, 4) is 0 Å². The SMILES string of the molecule is CCOC(=O)C1C(Cl)C(C)=NN1C. The van der Waals surface area contributed by atoms with Crippen LogP contribution in [-0.2, 0) is 9.53 Å². The molecule has 0 saturated carbocycles. The van der Waals surface area contributed by atoms with Gasteiger partial charge in [0.1, 0.15) is 5.38 Å². The lowest BCUT2D eigenvalue weighted by Crippen LogP contribution is -2.40. The predicted octanol–water partition coefficient (Wildman–Crippen LogP) is 0.847. The molecule has 0 amide bonds. The van der Waals surface area contributed by atoms with Crippen molar-refractivity contribution in [2.75, 3.05) is 13.7 Å². The van der Waals surface area contributed by atoms with Gasteiger partial charge in [-0.3, -0.25) is 5.01 Å². The molecule has 0 aliphatic carbocycles. The molecule has 0 fully saturated rings. The van der Waals surface area contributed by atoms with Crippen LogP contribution >= 0.6 is 11.6 Å². The molecule has 13 heavy (non-hydrogen) atoms. The quantitative estimate of drug-likeness (QED) is 0.495. The fraction of sp³-hybridized carbons (Fsp3) is 0.750. The zero-order valence-electron chi connectivity index (χ0n) is 7.95. The van der Waals surface area contributed by atoms with Crippen LogP contribution in [0.5, 0.6) is 0 Å². The smallest absolute Gasteiger partial charge is 0.332 e. The summed E-state index contributed by atoms with van der Waals surface area (Å²) in [4.78, 5) is 11.4. The monoisotopic (exact) mass is 204 g/mol. The number of hydrogen-bond acceptors (Lipinski definition) is 4. The molecular formula is C8H13ClN2O2. The van der Waals surface area contributed by atoms with E-state index in [4.69, 9.17) is 16.3 Å². The zero-order chi connectivity index (χ0) is 10.0. The van der Waals surface area contributed by atoms with Crippen LogP contribution in [0.2, 0.25) is 0 Å². The van der Waals surface area contributed by atoms with Gasteiger partial charge in [0.15, 0.2) is 6.04 Å². The zero-order valence-corrected chi connectivity index (χ0v) is 8.71. The van der Waals surface area contributed by atoms with Crippen molar-refractivity contribution >= 4 is 23.3 Å². The van der Waals surface area contributed by atoms with Crippen LogP contribution in [0.25, 0.3) is 0 Å². The minimum Gasteiger partial charge on any atom is -0.464 e. The molecule has 0 aromatic carbocycles. The molecule has 0 radical (unpaired) electrons. The lowest BCUT2D eigenvalue weighted by atomic mass is 10.1. The van der Waals surface area contributed by atoms with Crippen LogP contribution in [0, 0.1) is 0 Å². The van der Waals surface area contributed by atoms with E-state index in [2.05, 4.69) is 5.10 Å². The summed E-state index contributed by atoms with van der Waals surface area (Å²) in [5.74, 6) is -0.314. The molecule has 0 aromatic rings. The lowest BCUT2D eigenvalue weighted by molar-refractivity contribution is -0.148. The van der Waals surface area contributed by atoms with E-state index >= 15 is 0 Å². The van der Waals surface area contributed by atoms with E-state index in [1.54, 1.807) is 25.9 Å². The maximum atomic E-state index is 11.4. The maximum absolute atomic E-state index is 11.4. The van der Waals surface area contributed by atoms with Gasteiger partial charge >= 0.3 is 5.97 Å². The first-order chi connectivity index (χ1) is 6.07. The highest BCUT2D eigenvalue weighted by Gasteiger charge is 2.38. The average Bonchev–Trinajstić information content (AvgIpc) is 2.27. The van der Waals surface area contributed by atoms with E-state index in [0.29, 0.717) is 6.61 Å². The van der Waals surface area contributed by atoms with E-state index in [9.17, 15) is 4.79 Å². The van der Waals surface area contributed by atoms with E-state index in [1.807, 2.05) is 0 Å². The Morgan fingerprint density at radius 1 is 1.77 bits per heavy atom. The first-order valence-corrected chi connectivity index (χ1v) is 4.60. The number of hydrogen-bond donors (Lipinski definition) is 0. The van der Waals surface area contributed by atoms with Crippen molar-refractivity contribution < 1.29 is 9.53 Å². The molecule has 1 aliphatic rings. The minimum absolute atomic E-state index is 0.314. The summed E-state index contributed by atoms with van der Waals surface area (Å²) < 4.78 is 4.88. The Labute approximate surface area is 82.5 Å². The summed E-state index contributed by atoms with van der Waals surface area (Å²) in [6.45, 7) is 3.93. The van der Waals surface area contributed by atoms with E-state index in [0.717, 1.165) is 5.71 Å². The second-order valence-corrected chi connectivity index (χ2v) is 3.38. The molecule has 0 aromatic heterocycles. The number of hydrazone groups is 1. The third-order valence-corrected chi connectivity index (χ3v) is 2.48. The molecule has 0 saturated heterocycles. The fourth-order valence-electron chi connectivity index (χ4n) is 1.28. The fourth-order valence-corrected chi connectivity index (χ4v) is 1.59. The molecule has 4 nitrogen and oxygen atoms in total. The van der Waals surface area contributed by atoms with Crippen molar-refractivity contribution in [1.29, 1.82) is 0 Å². The van der Waals surface area contributed by atoms with E-state index in [1.165, 1.54) is 0 Å². The number of carbonyl (C=O) groups excluding carboxylic acids is 1. The van der Waals surface area contributed by atoms with Gasteiger partial charge in [-0.05, 0) is 13.8 Å².